The Morgan fingerprint density at radius 2 is 2.10 bits per heavy atom. The first-order valence-corrected chi connectivity index (χ1v) is 7.85. The number of hydrogen-bond acceptors (Lipinski definition) is 5. The molecule has 0 aliphatic rings. The molecule has 1 rings (SSSR count). The summed E-state index contributed by atoms with van der Waals surface area (Å²) in [6, 6.07) is 6.44. The predicted octanol–water partition coefficient (Wildman–Crippen LogP) is 0.500. The summed E-state index contributed by atoms with van der Waals surface area (Å²) in [5, 5.41) is 2.94. The summed E-state index contributed by atoms with van der Waals surface area (Å²) >= 11 is 0. The van der Waals surface area contributed by atoms with Gasteiger partial charge >= 0.3 is 5.97 Å². The third-order valence-electron chi connectivity index (χ3n) is 2.81. The second-order valence-corrected chi connectivity index (χ2v) is 6.30. The molecule has 0 radical (unpaired) electrons. The van der Waals surface area contributed by atoms with E-state index in [1.807, 2.05) is 6.92 Å². The van der Waals surface area contributed by atoms with Gasteiger partial charge in [0.2, 0.25) is 10.0 Å². The van der Waals surface area contributed by atoms with E-state index in [2.05, 4.69) is 14.8 Å². The highest BCUT2D eigenvalue weighted by Gasteiger charge is 2.14. The number of likely N-dealkylation sites (N-methyl/N-ethyl adjacent to an activating group) is 1. The highest BCUT2D eigenvalue weighted by atomic mass is 32.2. The third-order valence-corrected chi connectivity index (χ3v) is 4.13. The summed E-state index contributed by atoms with van der Waals surface area (Å²) in [4.78, 5) is 11.4. The SMILES string of the molecule is CNC(C)CNS(=O)(=O)Cc1cccc(C(=O)OC)c1. The van der Waals surface area contributed by atoms with Crippen molar-refractivity contribution < 1.29 is 17.9 Å². The Kier molecular flexibility index (Phi) is 6.12. The number of sulfonamides is 1. The minimum Gasteiger partial charge on any atom is -0.465 e. The molecule has 0 amide bonds. The smallest absolute Gasteiger partial charge is 0.337 e. The molecule has 6 nitrogen and oxygen atoms in total. The lowest BCUT2D eigenvalue weighted by Gasteiger charge is -2.12. The van der Waals surface area contributed by atoms with Crippen molar-refractivity contribution in [2.45, 2.75) is 18.7 Å². The Labute approximate surface area is 119 Å². The van der Waals surface area contributed by atoms with Crippen molar-refractivity contribution in [3.63, 3.8) is 0 Å². The second kappa shape index (κ2) is 7.37. The van der Waals surface area contributed by atoms with Crippen LogP contribution in [0.5, 0.6) is 0 Å². The number of hydrogen-bond donors (Lipinski definition) is 2. The van der Waals surface area contributed by atoms with Gasteiger partial charge in [0.05, 0.1) is 18.4 Å². The highest BCUT2D eigenvalue weighted by molar-refractivity contribution is 7.88. The fourth-order valence-corrected chi connectivity index (χ4v) is 2.75. The molecular formula is C13H20N2O4S. The summed E-state index contributed by atoms with van der Waals surface area (Å²) in [5.41, 5.74) is 0.876. The largest absolute Gasteiger partial charge is 0.465 e. The van der Waals surface area contributed by atoms with Crippen molar-refractivity contribution in [2.24, 2.45) is 0 Å². The van der Waals surface area contributed by atoms with Crippen LogP contribution in [0.3, 0.4) is 0 Å². The van der Waals surface area contributed by atoms with Gasteiger partial charge in [-0.2, -0.15) is 0 Å². The first kappa shape index (κ1) is 16.6. The second-order valence-electron chi connectivity index (χ2n) is 4.49. The Bertz CT molecular complexity index is 557. The number of ether oxygens (including phenoxy) is 1. The minimum absolute atomic E-state index is 0.0474. The number of nitrogens with one attached hydrogen (secondary N) is 2. The number of carbonyl (C=O) groups is 1. The molecule has 20 heavy (non-hydrogen) atoms. The Morgan fingerprint density at radius 1 is 1.40 bits per heavy atom. The van der Waals surface area contributed by atoms with Gasteiger partial charge in [-0.25, -0.2) is 17.9 Å². The van der Waals surface area contributed by atoms with E-state index in [4.69, 9.17) is 0 Å². The van der Waals surface area contributed by atoms with Crippen LogP contribution in [0.25, 0.3) is 0 Å². The molecule has 0 saturated carbocycles. The van der Waals surface area contributed by atoms with E-state index in [9.17, 15) is 13.2 Å². The lowest BCUT2D eigenvalue weighted by molar-refractivity contribution is 0.0600. The summed E-state index contributed by atoms with van der Waals surface area (Å²) in [5.74, 6) is -0.658. The molecular weight excluding hydrogens is 280 g/mol. The van der Waals surface area contributed by atoms with E-state index in [0.717, 1.165) is 0 Å². The number of rotatable bonds is 7. The van der Waals surface area contributed by atoms with Crippen LogP contribution >= 0.6 is 0 Å². The van der Waals surface area contributed by atoms with Crippen LogP contribution in [0.4, 0.5) is 0 Å². The van der Waals surface area contributed by atoms with Gasteiger partial charge in [-0.05, 0) is 31.7 Å². The molecule has 0 saturated heterocycles. The maximum Gasteiger partial charge on any atom is 0.337 e. The summed E-state index contributed by atoms with van der Waals surface area (Å²) in [7, 11) is -0.384. The lowest BCUT2D eigenvalue weighted by Crippen LogP contribution is -2.37. The van der Waals surface area contributed by atoms with Crippen molar-refractivity contribution in [3.8, 4) is 0 Å². The first-order valence-electron chi connectivity index (χ1n) is 6.20. The van der Waals surface area contributed by atoms with Gasteiger partial charge in [0.15, 0.2) is 0 Å². The van der Waals surface area contributed by atoms with Crippen LogP contribution in [0.15, 0.2) is 24.3 Å². The Balaban J connectivity index is 2.74. The number of benzene rings is 1. The van der Waals surface area contributed by atoms with Crippen molar-refractivity contribution in [1.82, 2.24) is 10.0 Å². The number of carbonyl (C=O) groups excluding carboxylic acids is 1. The topological polar surface area (TPSA) is 84.5 Å². The molecule has 1 aromatic rings. The van der Waals surface area contributed by atoms with Crippen LogP contribution in [0.1, 0.15) is 22.8 Å². The average molecular weight is 300 g/mol. The monoisotopic (exact) mass is 300 g/mol. The highest BCUT2D eigenvalue weighted by Crippen LogP contribution is 2.09. The third kappa shape index (κ3) is 5.28. The zero-order valence-electron chi connectivity index (χ0n) is 11.8. The fourth-order valence-electron chi connectivity index (χ4n) is 1.53. The van der Waals surface area contributed by atoms with Crippen molar-refractivity contribution in [1.29, 1.82) is 0 Å². The van der Waals surface area contributed by atoms with Crippen LogP contribution in [0, 0.1) is 0 Å². The maximum atomic E-state index is 11.9. The standard InChI is InChI=1S/C13H20N2O4S/c1-10(14-2)8-15-20(17,18)9-11-5-4-6-12(7-11)13(16)19-3/h4-7,10,14-15H,8-9H2,1-3H3. The summed E-state index contributed by atoms with van der Waals surface area (Å²) < 4.78 is 30.9. The van der Waals surface area contributed by atoms with Gasteiger partial charge in [0, 0.05) is 12.6 Å². The van der Waals surface area contributed by atoms with Gasteiger partial charge in [-0.15, -0.1) is 0 Å². The molecule has 1 unspecified atom stereocenters. The summed E-state index contributed by atoms with van der Waals surface area (Å²) in [6.07, 6.45) is 0. The molecule has 0 spiro atoms. The zero-order valence-corrected chi connectivity index (χ0v) is 12.7. The first-order chi connectivity index (χ1) is 9.38. The minimum atomic E-state index is -3.43. The van der Waals surface area contributed by atoms with Crippen molar-refractivity contribution >= 4 is 16.0 Å². The molecule has 2 N–H and O–H groups in total. The molecule has 1 atom stereocenters. The molecule has 112 valence electrons. The quantitative estimate of drug-likeness (QED) is 0.716. The maximum absolute atomic E-state index is 11.9. The Morgan fingerprint density at radius 3 is 2.70 bits per heavy atom. The van der Waals surface area contributed by atoms with E-state index in [-0.39, 0.29) is 11.8 Å². The van der Waals surface area contributed by atoms with Crippen LogP contribution in [-0.4, -0.2) is 41.1 Å². The van der Waals surface area contributed by atoms with Crippen molar-refractivity contribution in [2.75, 3.05) is 20.7 Å². The van der Waals surface area contributed by atoms with Gasteiger partial charge < -0.3 is 10.1 Å². The van der Waals surface area contributed by atoms with E-state index in [1.165, 1.54) is 13.2 Å². The summed E-state index contributed by atoms with van der Waals surface area (Å²) in [6.45, 7) is 2.19. The molecule has 1 aromatic carbocycles. The number of methoxy groups -OCH3 is 1. The average Bonchev–Trinajstić information content (AvgIpc) is 2.43. The van der Waals surface area contributed by atoms with Crippen LogP contribution < -0.4 is 10.0 Å². The zero-order chi connectivity index (χ0) is 15.2. The predicted molar refractivity (Wildman–Crippen MR) is 76.9 cm³/mol. The molecule has 0 heterocycles. The molecule has 0 bridgehead atoms. The van der Waals surface area contributed by atoms with Crippen LogP contribution in [-0.2, 0) is 20.5 Å². The molecule has 0 aliphatic carbocycles. The molecule has 7 heteroatoms. The van der Waals surface area contributed by atoms with Crippen molar-refractivity contribution in [3.05, 3.63) is 35.4 Å². The van der Waals surface area contributed by atoms with Gasteiger partial charge in [-0.3, -0.25) is 0 Å². The normalized spacial score (nSPS) is 12.9. The van der Waals surface area contributed by atoms with Gasteiger partial charge in [-0.1, -0.05) is 12.1 Å². The molecule has 0 aliphatic heterocycles. The van der Waals surface area contributed by atoms with Crippen LogP contribution in [0.2, 0.25) is 0 Å². The molecule has 0 fully saturated rings. The van der Waals surface area contributed by atoms with E-state index in [0.29, 0.717) is 17.7 Å². The Hall–Kier alpha value is -1.44. The van der Waals surface area contributed by atoms with Gasteiger partial charge in [0.1, 0.15) is 0 Å². The van der Waals surface area contributed by atoms with Gasteiger partial charge in [0.25, 0.3) is 0 Å². The lowest BCUT2D eigenvalue weighted by atomic mass is 10.1. The fraction of sp³-hybridized carbons (Fsp3) is 0.462. The van der Waals surface area contributed by atoms with E-state index < -0.39 is 16.0 Å². The number of esters is 1. The van der Waals surface area contributed by atoms with E-state index >= 15 is 0 Å². The molecule has 0 aromatic heterocycles. The van der Waals surface area contributed by atoms with E-state index in [1.54, 1.807) is 25.2 Å².